The van der Waals surface area contributed by atoms with Crippen molar-refractivity contribution in [1.82, 2.24) is 19.5 Å². The summed E-state index contributed by atoms with van der Waals surface area (Å²) in [7, 11) is -16.4. The maximum absolute atomic E-state index is 12.2. The van der Waals surface area contributed by atoms with Crippen LogP contribution in [0.5, 0.6) is 0 Å². The maximum Gasteiger partial charge on any atom is 0.490 e. The quantitative estimate of drug-likeness (QED) is 0.165. The summed E-state index contributed by atoms with van der Waals surface area (Å²) in [6, 6.07) is 7.95. The zero-order valence-corrected chi connectivity index (χ0v) is 21.7. The molecule has 2 aromatic heterocycles. The molecular weight excluding hydrogens is 575 g/mol. The van der Waals surface area contributed by atoms with Crippen LogP contribution < -0.4 is 5.73 Å². The highest BCUT2D eigenvalue weighted by molar-refractivity contribution is 7.66. The first-order valence-corrected chi connectivity index (χ1v) is 14.9. The first-order valence-electron chi connectivity index (χ1n) is 10.5. The Labute approximate surface area is 213 Å². The molecule has 0 bridgehead atoms. The van der Waals surface area contributed by atoms with E-state index in [1.165, 1.54) is 23.0 Å². The third-order valence-electron chi connectivity index (χ3n) is 5.05. The van der Waals surface area contributed by atoms with Gasteiger partial charge in [-0.1, -0.05) is 30.3 Å². The number of aromatic nitrogens is 4. The van der Waals surface area contributed by atoms with E-state index in [1.54, 1.807) is 18.2 Å². The van der Waals surface area contributed by atoms with Crippen LogP contribution in [0.1, 0.15) is 11.8 Å². The summed E-state index contributed by atoms with van der Waals surface area (Å²) in [6.45, 7) is -1.43. The fraction of sp³-hybridized carbons (Fsp3) is 0.353. The number of nitrogen functional groups attached to an aromatic ring is 1. The number of nitrogens with zero attached hydrogens (tertiary/aromatic N) is 4. The number of benzene rings is 1. The highest BCUT2D eigenvalue weighted by atomic mass is 31.3. The van der Waals surface area contributed by atoms with Crippen LogP contribution >= 0.6 is 23.5 Å². The normalized spacial score (nSPS) is 26.6. The molecule has 7 unspecified atom stereocenters. The molecule has 3 aromatic rings. The number of aliphatic hydroxyl groups is 2. The number of anilines is 1. The van der Waals surface area contributed by atoms with Gasteiger partial charge in [-0.05, 0) is 5.56 Å². The van der Waals surface area contributed by atoms with Crippen molar-refractivity contribution < 1.29 is 61.0 Å². The largest absolute Gasteiger partial charge is 0.490 e. The second-order valence-electron chi connectivity index (χ2n) is 7.75. The van der Waals surface area contributed by atoms with Gasteiger partial charge in [0, 0.05) is 0 Å². The molecule has 0 saturated carbocycles. The van der Waals surface area contributed by atoms with Crippen LogP contribution in [-0.2, 0) is 42.7 Å². The average molecular weight is 597 g/mol. The van der Waals surface area contributed by atoms with Gasteiger partial charge in [0.1, 0.15) is 30.2 Å². The molecule has 0 radical (unpaired) electrons. The Bertz CT molecular complexity index is 1430. The summed E-state index contributed by atoms with van der Waals surface area (Å²) < 4.78 is 60.2. The Kier molecular flexibility index (Phi) is 8.47. The fourth-order valence-corrected chi connectivity index (χ4v) is 6.87. The predicted octanol–water partition coefficient (Wildman–Crippen LogP) is 0.595. The second-order valence-corrected chi connectivity index (χ2v) is 12.4. The van der Waals surface area contributed by atoms with Gasteiger partial charge in [0.05, 0.1) is 19.5 Å². The van der Waals surface area contributed by atoms with E-state index < -0.39 is 61.2 Å². The molecule has 38 heavy (non-hydrogen) atoms. The second kappa shape index (κ2) is 11.2. The van der Waals surface area contributed by atoms with Crippen molar-refractivity contribution >= 4 is 40.4 Å². The van der Waals surface area contributed by atoms with E-state index in [1.807, 2.05) is 0 Å². The van der Waals surface area contributed by atoms with E-state index in [2.05, 4.69) is 32.6 Å². The molecule has 4 rings (SSSR count). The molecule has 1 saturated heterocycles. The van der Waals surface area contributed by atoms with Crippen LogP contribution in [-0.4, -0.2) is 69.3 Å². The lowest BCUT2D eigenvalue weighted by molar-refractivity contribution is -0.0503. The van der Waals surface area contributed by atoms with Gasteiger partial charge in [0.15, 0.2) is 17.7 Å². The minimum Gasteiger partial charge on any atom is -0.387 e. The van der Waals surface area contributed by atoms with Crippen LogP contribution in [0.3, 0.4) is 0 Å². The van der Waals surface area contributed by atoms with Gasteiger partial charge < -0.3 is 35.4 Å². The van der Waals surface area contributed by atoms with Crippen LogP contribution in [0, 0.1) is 0 Å². The summed E-state index contributed by atoms with van der Waals surface area (Å²) in [5.41, 5.74) is 6.49. The molecule has 1 fully saturated rings. The molecule has 1 aliphatic rings. The Hall–Kier alpha value is -2.14. The minimum atomic E-state index is -5.70. The molecule has 1 aromatic carbocycles. The molecule has 18 nitrogen and oxygen atoms in total. The number of fused-ring (bicyclic) bond motifs is 1. The monoisotopic (exact) mass is 597 g/mol. The van der Waals surface area contributed by atoms with Gasteiger partial charge in [-0.2, -0.15) is 8.62 Å². The number of imidazole rings is 1. The summed E-state index contributed by atoms with van der Waals surface area (Å²) in [6.07, 6.45) is -3.64. The number of ether oxygens (including phenoxy) is 1. The fourth-order valence-electron chi connectivity index (χ4n) is 3.37. The predicted molar refractivity (Wildman–Crippen MR) is 124 cm³/mol. The first-order chi connectivity index (χ1) is 17.8. The number of phosphoric ester groups is 2. The molecular formula is C17H22N5O13P3. The van der Waals surface area contributed by atoms with E-state index in [0.717, 1.165) is 6.33 Å². The topological polar surface area (TPSA) is 268 Å². The number of aliphatic hydroxyl groups excluding tert-OH is 2. The molecule has 7 N–H and O–H groups in total. The van der Waals surface area contributed by atoms with E-state index in [9.17, 15) is 38.6 Å². The number of phosphoric acid groups is 3. The van der Waals surface area contributed by atoms with Crippen molar-refractivity contribution in [2.24, 2.45) is 0 Å². The van der Waals surface area contributed by atoms with Crippen LogP contribution in [0.4, 0.5) is 5.82 Å². The lowest BCUT2D eigenvalue weighted by Gasteiger charge is -2.20. The summed E-state index contributed by atoms with van der Waals surface area (Å²) in [5.74, 6) is 0.0496. The highest BCUT2D eigenvalue weighted by Gasteiger charge is 2.47. The van der Waals surface area contributed by atoms with Crippen molar-refractivity contribution in [3.05, 3.63) is 48.5 Å². The zero-order valence-electron chi connectivity index (χ0n) is 19.0. The van der Waals surface area contributed by atoms with Crippen LogP contribution in [0.2, 0.25) is 0 Å². The number of hydrogen-bond donors (Lipinski definition) is 6. The lowest BCUT2D eigenvalue weighted by atomic mass is 10.1. The van der Waals surface area contributed by atoms with Gasteiger partial charge in [-0.15, -0.1) is 0 Å². The molecule has 0 spiro atoms. The van der Waals surface area contributed by atoms with Crippen molar-refractivity contribution in [3.8, 4) is 0 Å². The number of hydrogen-bond acceptors (Lipinski definition) is 14. The van der Waals surface area contributed by atoms with Gasteiger partial charge in [0.25, 0.3) is 0 Å². The van der Waals surface area contributed by atoms with Crippen molar-refractivity contribution in [2.75, 3.05) is 12.3 Å². The highest BCUT2D eigenvalue weighted by Crippen LogP contribution is 2.67. The van der Waals surface area contributed by atoms with Gasteiger partial charge >= 0.3 is 23.5 Å². The number of nitrogens with two attached hydrogens (primary N) is 1. The van der Waals surface area contributed by atoms with Crippen molar-refractivity contribution in [2.45, 2.75) is 31.1 Å². The van der Waals surface area contributed by atoms with Crippen LogP contribution in [0.15, 0.2) is 43.0 Å². The van der Waals surface area contributed by atoms with Crippen LogP contribution in [0.25, 0.3) is 11.2 Å². The van der Waals surface area contributed by atoms with Gasteiger partial charge in [-0.3, -0.25) is 13.6 Å². The average Bonchev–Trinajstić information content (AvgIpc) is 3.38. The molecule has 1 aliphatic heterocycles. The standard InChI is InChI=1S/C17H22N5O13P3/c18-15-12-16(20-8-19-15)22(9-21-12)17-14(24)13(23)11(33-17)7-32-37(27,28)35-38(29,30)34-36(25,26)31-6-10-4-2-1-3-5-10/h1-5,8-9,11,13-14,17,23-24H,6-7H2,(H,25,26)(H,27,28)(H,29,30)(H2,18,19,20). The maximum atomic E-state index is 12.2. The molecule has 208 valence electrons. The minimum absolute atomic E-state index is 0.0496. The van der Waals surface area contributed by atoms with Crippen molar-refractivity contribution in [3.63, 3.8) is 0 Å². The van der Waals surface area contributed by atoms with Gasteiger partial charge in [-0.25, -0.2) is 28.6 Å². The molecule has 3 heterocycles. The smallest absolute Gasteiger partial charge is 0.387 e. The SMILES string of the molecule is Nc1ncnc2c1ncn2C1OC(COP(=O)(O)OP(=O)(O)OP(=O)(O)OCc2ccccc2)C(O)C1O. The Morgan fingerprint density at radius 1 is 0.921 bits per heavy atom. The third-order valence-corrected chi connectivity index (χ3v) is 9.28. The number of rotatable bonds is 11. The van der Waals surface area contributed by atoms with Crippen molar-refractivity contribution in [1.29, 1.82) is 0 Å². The molecule has 0 amide bonds. The Morgan fingerprint density at radius 3 is 2.26 bits per heavy atom. The Morgan fingerprint density at radius 2 is 1.58 bits per heavy atom. The first kappa shape index (κ1) is 28.9. The van der Waals surface area contributed by atoms with Gasteiger partial charge in [0.2, 0.25) is 0 Å². The molecule has 21 heteroatoms. The Balaban J connectivity index is 1.35. The zero-order chi connectivity index (χ0) is 27.7. The summed E-state index contributed by atoms with van der Waals surface area (Å²) in [5, 5.41) is 20.7. The van der Waals surface area contributed by atoms with E-state index in [0.29, 0.717) is 5.56 Å². The lowest BCUT2D eigenvalue weighted by Crippen LogP contribution is -2.33. The van der Waals surface area contributed by atoms with E-state index >= 15 is 0 Å². The third kappa shape index (κ3) is 6.89. The van der Waals surface area contributed by atoms with E-state index in [4.69, 9.17) is 10.5 Å². The summed E-state index contributed by atoms with van der Waals surface area (Å²) in [4.78, 5) is 41.0. The molecule has 0 aliphatic carbocycles. The summed E-state index contributed by atoms with van der Waals surface area (Å²) >= 11 is 0. The van der Waals surface area contributed by atoms with E-state index in [-0.39, 0.29) is 17.0 Å². The molecule has 7 atom stereocenters.